The lowest BCUT2D eigenvalue weighted by Crippen LogP contribution is -2.12. The topological polar surface area (TPSA) is 58.2 Å². The zero-order valence-corrected chi connectivity index (χ0v) is 14.3. The second-order valence-corrected chi connectivity index (χ2v) is 6.11. The summed E-state index contributed by atoms with van der Waals surface area (Å²) in [7, 11) is 0. The summed E-state index contributed by atoms with van der Waals surface area (Å²) >= 11 is 6.70. The maximum absolute atomic E-state index is 12.2. The van der Waals surface area contributed by atoms with Crippen molar-refractivity contribution in [3.8, 4) is 0 Å². The van der Waals surface area contributed by atoms with Crippen molar-refractivity contribution in [2.75, 3.05) is 10.6 Å². The number of carbonyl (C=O) groups is 2. The zero-order chi connectivity index (χ0) is 15.4. The van der Waals surface area contributed by atoms with Crippen LogP contribution in [-0.4, -0.2) is 11.8 Å². The molecule has 0 heterocycles. The van der Waals surface area contributed by atoms with Crippen LogP contribution in [0.2, 0.25) is 0 Å². The number of anilines is 2. The van der Waals surface area contributed by atoms with E-state index in [1.165, 1.54) is 6.92 Å². The Morgan fingerprint density at radius 1 is 0.905 bits per heavy atom. The Kier molecular flexibility index (Phi) is 5.14. The summed E-state index contributed by atoms with van der Waals surface area (Å²) in [5, 5.41) is 5.47. The van der Waals surface area contributed by atoms with Crippen LogP contribution in [0.5, 0.6) is 0 Å². The molecule has 2 rings (SSSR count). The summed E-state index contributed by atoms with van der Waals surface area (Å²) in [6.45, 7) is 1.44. The Hall–Kier alpha value is -1.66. The number of rotatable bonds is 3. The van der Waals surface area contributed by atoms with Crippen molar-refractivity contribution in [2.45, 2.75) is 6.92 Å². The second kappa shape index (κ2) is 6.87. The average Bonchev–Trinajstić information content (AvgIpc) is 2.43. The van der Waals surface area contributed by atoms with E-state index in [-0.39, 0.29) is 11.8 Å². The monoisotopic (exact) mass is 410 g/mol. The summed E-state index contributed by atoms with van der Waals surface area (Å²) in [5.41, 5.74) is 1.88. The Balaban J connectivity index is 2.12. The first-order chi connectivity index (χ1) is 9.95. The van der Waals surface area contributed by atoms with Gasteiger partial charge < -0.3 is 10.6 Å². The number of halogens is 2. The van der Waals surface area contributed by atoms with Gasteiger partial charge in [0.1, 0.15) is 0 Å². The van der Waals surface area contributed by atoms with Crippen molar-refractivity contribution in [3.05, 3.63) is 57.0 Å². The largest absolute Gasteiger partial charge is 0.326 e. The van der Waals surface area contributed by atoms with E-state index >= 15 is 0 Å². The standard InChI is InChI=1S/C15H12Br2N2O2/c1-9(20)18-11-3-5-12(6-4-11)19-15(21)13-8-10(16)2-7-14(13)17/h2-8H,1H3,(H,18,20)(H,19,21). The highest BCUT2D eigenvalue weighted by Crippen LogP contribution is 2.23. The smallest absolute Gasteiger partial charge is 0.256 e. The molecule has 2 N–H and O–H groups in total. The lowest BCUT2D eigenvalue weighted by Gasteiger charge is -2.08. The number of carbonyl (C=O) groups excluding carboxylic acids is 2. The molecule has 21 heavy (non-hydrogen) atoms. The molecule has 0 aliphatic heterocycles. The van der Waals surface area contributed by atoms with Crippen molar-refractivity contribution in [3.63, 3.8) is 0 Å². The normalized spacial score (nSPS) is 10.0. The predicted octanol–water partition coefficient (Wildman–Crippen LogP) is 4.42. The molecule has 0 atom stereocenters. The Labute approximate surface area is 139 Å². The minimum absolute atomic E-state index is 0.134. The third-order valence-electron chi connectivity index (χ3n) is 2.64. The van der Waals surface area contributed by atoms with Gasteiger partial charge in [0, 0.05) is 27.2 Å². The molecule has 0 fully saturated rings. The number of nitrogens with one attached hydrogen (secondary N) is 2. The SMILES string of the molecule is CC(=O)Nc1ccc(NC(=O)c2cc(Br)ccc2Br)cc1. The van der Waals surface area contributed by atoms with E-state index in [4.69, 9.17) is 0 Å². The van der Waals surface area contributed by atoms with Crippen molar-refractivity contribution < 1.29 is 9.59 Å². The van der Waals surface area contributed by atoms with Crippen LogP contribution in [0.4, 0.5) is 11.4 Å². The van der Waals surface area contributed by atoms with Gasteiger partial charge in [0.05, 0.1) is 5.56 Å². The van der Waals surface area contributed by atoms with Crippen LogP contribution in [0, 0.1) is 0 Å². The Morgan fingerprint density at radius 3 is 2.05 bits per heavy atom. The molecule has 0 saturated carbocycles. The molecule has 6 heteroatoms. The first-order valence-corrected chi connectivity index (χ1v) is 7.68. The molecule has 4 nitrogen and oxygen atoms in total. The molecule has 0 unspecified atom stereocenters. The van der Waals surface area contributed by atoms with Crippen LogP contribution in [0.15, 0.2) is 51.4 Å². The number of hydrogen-bond acceptors (Lipinski definition) is 2. The maximum atomic E-state index is 12.2. The molecule has 0 saturated heterocycles. The summed E-state index contributed by atoms with van der Waals surface area (Å²) in [5.74, 6) is -0.347. The Morgan fingerprint density at radius 2 is 1.48 bits per heavy atom. The van der Waals surface area contributed by atoms with Crippen LogP contribution >= 0.6 is 31.9 Å². The highest BCUT2D eigenvalue weighted by molar-refractivity contribution is 9.11. The van der Waals surface area contributed by atoms with Crippen molar-refractivity contribution in [1.82, 2.24) is 0 Å². The van der Waals surface area contributed by atoms with Crippen molar-refractivity contribution >= 4 is 55.0 Å². The molecule has 0 aliphatic rings. The average molecular weight is 412 g/mol. The molecule has 0 aliphatic carbocycles. The highest BCUT2D eigenvalue weighted by atomic mass is 79.9. The molecule has 0 aromatic heterocycles. The third-order valence-corrected chi connectivity index (χ3v) is 3.82. The second-order valence-electron chi connectivity index (χ2n) is 4.34. The summed E-state index contributed by atoms with van der Waals surface area (Å²) in [6, 6.07) is 12.3. The molecule has 108 valence electrons. The van der Waals surface area contributed by atoms with Gasteiger partial charge in [-0.25, -0.2) is 0 Å². The zero-order valence-electron chi connectivity index (χ0n) is 11.1. The summed E-state index contributed by atoms with van der Waals surface area (Å²) in [6.07, 6.45) is 0. The van der Waals surface area contributed by atoms with E-state index in [0.29, 0.717) is 16.9 Å². The summed E-state index contributed by atoms with van der Waals surface area (Å²) < 4.78 is 1.55. The maximum Gasteiger partial charge on any atom is 0.256 e. The molecule has 0 radical (unpaired) electrons. The van der Waals surface area contributed by atoms with E-state index in [1.807, 2.05) is 6.07 Å². The molecule has 0 spiro atoms. The fourth-order valence-electron chi connectivity index (χ4n) is 1.71. The fourth-order valence-corrected chi connectivity index (χ4v) is 2.50. The van der Waals surface area contributed by atoms with E-state index < -0.39 is 0 Å². The molecule has 2 aromatic carbocycles. The van der Waals surface area contributed by atoms with Gasteiger partial charge in [-0.15, -0.1) is 0 Å². The lowest BCUT2D eigenvalue weighted by atomic mass is 10.2. The van der Waals surface area contributed by atoms with Gasteiger partial charge in [0.15, 0.2) is 0 Å². The quantitative estimate of drug-likeness (QED) is 0.785. The molecular formula is C15H12Br2N2O2. The van der Waals surface area contributed by atoms with Crippen LogP contribution in [0.1, 0.15) is 17.3 Å². The lowest BCUT2D eigenvalue weighted by molar-refractivity contribution is -0.114. The Bertz CT molecular complexity index is 685. The van der Waals surface area contributed by atoms with E-state index in [2.05, 4.69) is 42.5 Å². The van der Waals surface area contributed by atoms with E-state index in [0.717, 1.165) is 8.95 Å². The van der Waals surface area contributed by atoms with Crippen LogP contribution in [0.25, 0.3) is 0 Å². The molecule has 0 bridgehead atoms. The van der Waals surface area contributed by atoms with Gasteiger partial charge in [0.25, 0.3) is 5.91 Å². The van der Waals surface area contributed by atoms with Gasteiger partial charge in [-0.05, 0) is 58.4 Å². The van der Waals surface area contributed by atoms with Crippen LogP contribution in [-0.2, 0) is 4.79 Å². The van der Waals surface area contributed by atoms with Crippen molar-refractivity contribution in [1.29, 1.82) is 0 Å². The van der Waals surface area contributed by atoms with Gasteiger partial charge in [0.2, 0.25) is 5.91 Å². The van der Waals surface area contributed by atoms with Crippen LogP contribution in [0.3, 0.4) is 0 Å². The fraction of sp³-hybridized carbons (Fsp3) is 0.0667. The van der Waals surface area contributed by atoms with E-state index in [1.54, 1.807) is 36.4 Å². The van der Waals surface area contributed by atoms with Gasteiger partial charge >= 0.3 is 0 Å². The minimum atomic E-state index is -0.213. The number of hydrogen-bond donors (Lipinski definition) is 2. The molecule has 2 amide bonds. The predicted molar refractivity (Wildman–Crippen MR) is 90.5 cm³/mol. The number of benzene rings is 2. The van der Waals surface area contributed by atoms with Crippen molar-refractivity contribution in [2.24, 2.45) is 0 Å². The van der Waals surface area contributed by atoms with E-state index in [9.17, 15) is 9.59 Å². The minimum Gasteiger partial charge on any atom is -0.326 e. The highest BCUT2D eigenvalue weighted by Gasteiger charge is 2.10. The van der Waals surface area contributed by atoms with Crippen LogP contribution < -0.4 is 10.6 Å². The number of amides is 2. The van der Waals surface area contributed by atoms with Gasteiger partial charge in [-0.1, -0.05) is 15.9 Å². The van der Waals surface area contributed by atoms with Gasteiger partial charge in [-0.2, -0.15) is 0 Å². The summed E-state index contributed by atoms with van der Waals surface area (Å²) in [4.78, 5) is 23.2. The van der Waals surface area contributed by atoms with Gasteiger partial charge in [-0.3, -0.25) is 9.59 Å². The molecule has 2 aromatic rings. The third kappa shape index (κ3) is 4.41. The first-order valence-electron chi connectivity index (χ1n) is 6.10. The first kappa shape index (κ1) is 15.7. The molecular weight excluding hydrogens is 400 g/mol.